The van der Waals surface area contributed by atoms with Gasteiger partial charge in [-0.2, -0.15) is 0 Å². The van der Waals surface area contributed by atoms with Crippen LogP contribution in [0.25, 0.3) is 0 Å². The fraction of sp³-hybridized carbons (Fsp3) is 0.500. The Morgan fingerprint density at radius 3 is 2.73 bits per heavy atom. The Balaban J connectivity index is 2.28. The molecule has 1 saturated heterocycles. The molecule has 0 atom stereocenters. The van der Waals surface area contributed by atoms with Gasteiger partial charge in [-0.1, -0.05) is 11.6 Å². The third-order valence-corrected chi connectivity index (χ3v) is 3.01. The van der Waals surface area contributed by atoms with Crippen LogP contribution in [0.4, 0.5) is 11.4 Å². The zero-order valence-electron chi connectivity index (χ0n) is 9.09. The van der Waals surface area contributed by atoms with Crippen molar-refractivity contribution in [3.05, 3.63) is 23.2 Å². The quantitative estimate of drug-likeness (QED) is 0.847. The van der Waals surface area contributed by atoms with Crippen molar-refractivity contribution in [1.29, 1.82) is 0 Å². The molecule has 0 unspecified atom stereocenters. The summed E-state index contributed by atoms with van der Waals surface area (Å²) in [6, 6.07) is 6.07. The highest BCUT2D eigenvalue weighted by atomic mass is 35.5. The molecule has 1 heterocycles. The van der Waals surface area contributed by atoms with E-state index >= 15 is 0 Å². The van der Waals surface area contributed by atoms with Crippen LogP contribution in [-0.2, 0) is 0 Å². The maximum Gasteiger partial charge on any atom is 0.0616 e. The molecular formula is C12H17ClN2. The van der Waals surface area contributed by atoms with E-state index in [0.29, 0.717) is 0 Å². The molecule has 0 aliphatic carbocycles. The smallest absolute Gasteiger partial charge is 0.0616 e. The highest BCUT2D eigenvalue weighted by molar-refractivity contribution is 6.31. The molecule has 0 radical (unpaired) electrons. The van der Waals surface area contributed by atoms with Gasteiger partial charge in [0, 0.05) is 24.7 Å². The number of nitrogens with one attached hydrogen (secondary N) is 1. The predicted octanol–water partition coefficient (Wildman–Crippen LogP) is 3.37. The maximum absolute atomic E-state index is 6.04. The molecule has 82 valence electrons. The summed E-state index contributed by atoms with van der Waals surface area (Å²) in [6.45, 7) is 5.36. The minimum atomic E-state index is 0.818. The Hall–Kier alpha value is -0.890. The molecule has 15 heavy (non-hydrogen) atoms. The van der Waals surface area contributed by atoms with Crippen LogP contribution in [0.5, 0.6) is 0 Å². The highest BCUT2D eigenvalue weighted by Crippen LogP contribution is 2.31. The maximum atomic E-state index is 6.04. The monoisotopic (exact) mass is 224 g/mol. The second-order valence-electron chi connectivity index (χ2n) is 3.89. The summed E-state index contributed by atoms with van der Waals surface area (Å²) in [5.74, 6) is 0. The van der Waals surface area contributed by atoms with E-state index in [9.17, 15) is 0 Å². The minimum Gasteiger partial charge on any atom is -0.384 e. The molecule has 1 aliphatic heterocycles. The SMILES string of the molecule is CCNc1ccc(Cl)cc1N1CCCC1. The summed E-state index contributed by atoms with van der Waals surface area (Å²) >= 11 is 6.04. The van der Waals surface area contributed by atoms with Gasteiger partial charge in [0.1, 0.15) is 0 Å². The molecule has 1 N–H and O–H groups in total. The van der Waals surface area contributed by atoms with Gasteiger partial charge in [-0.05, 0) is 38.0 Å². The lowest BCUT2D eigenvalue weighted by molar-refractivity contribution is 0.949. The van der Waals surface area contributed by atoms with Gasteiger partial charge < -0.3 is 10.2 Å². The Kier molecular flexibility index (Phi) is 3.37. The number of halogens is 1. The van der Waals surface area contributed by atoms with Gasteiger partial charge in [0.05, 0.1) is 11.4 Å². The lowest BCUT2D eigenvalue weighted by Crippen LogP contribution is -2.19. The molecule has 1 aromatic rings. The van der Waals surface area contributed by atoms with Crippen LogP contribution < -0.4 is 10.2 Å². The van der Waals surface area contributed by atoms with E-state index in [-0.39, 0.29) is 0 Å². The molecule has 1 fully saturated rings. The van der Waals surface area contributed by atoms with Gasteiger partial charge in [-0.15, -0.1) is 0 Å². The molecule has 1 aromatic carbocycles. The lowest BCUT2D eigenvalue weighted by atomic mass is 10.2. The van der Waals surface area contributed by atoms with Crippen molar-refractivity contribution in [2.75, 3.05) is 29.9 Å². The second-order valence-corrected chi connectivity index (χ2v) is 4.32. The molecule has 0 bridgehead atoms. The van der Waals surface area contributed by atoms with E-state index in [2.05, 4.69) is 29.3 Å². The van der Waals surface area contributed by atoms with Crippen molar-refractivity contribution in [1.82, 2.24) is 0 Å². The standard InChI is InChI=1S/C12H17ClN2/c1-2-14-11-6-5-10(13)9-12(11)15-7-3-4-8-15/h5-6,9,14H,2-4,7-8H2,1H3. The van der Waals surface area contributed by atoms with E-state index in [1.807, 2.05) is 6.07 Å². The molecule has 2 rings (SSSR count). The van der Waals surface area contributed by atoms with E-state index in [1.165, 1.54) is 24.2 Å². The average molecular weight is 225 g/mol. The molecular weight excluding hydrogens is 208 g/mol. The third-order valence-electron chi connectivity index (χ3n) is 2.77. The van der Waals surface area contributed by atoms with E-state index in [4.69, 9.17) is 11.6 Å². The van der Waals surface area contributed by atoms with Gasteiger partial charge in [-0.25, -0.2) is 0 Å². The lowest BCUT2D eigenvalue weighted by Gasteiger charge is -2.22. The van der Waals surface area contributed by atoms with Crippen LogP contribution >= 0.6 is 11.6 Å². The Morgan fingerprint density at radius 1 is 1.33 bits per heavy atom. The second kappa shape index (κ2) is 4.75. The minimum absolute atomic E-state index is 0.818. The molecule has 3 heteroatoms. The number of hydrogen-bond acceptors (Lipinski definition) is 2. The first kappa shape index (κ1) is 10.6. The van der Waals surface area contributed by atoms with Crippen molar-refractivity contribution >= 4 is 23.0 Å². The fourth-order valence-electron chi connectivity index (χ4n) is 2.06. The van der Waals surface area contributed by atoms with Gasteiger partial charge in [0.2, 0.25) is 0 Å². The summed E-state index contributed by atoms with van der Waals surface area (Å²) < 4.78 is 0. The normalized spacial score (nSPS) is 15.7. The van der Waals surface area contributed by atoms with Crippen LogP contribution in [0.1, 0.15) is 19.8 Å². The average Bonchev–Trinajstić information content (AvgIpc) is 2.74. The first-order valence-electron chi connectivity index (χ1n) is 5.59. The van der Waals surface area contributed by atoms with Gasteiger partial charge in [0.25, 0.3) is 0 Å². The first-order valence-corrected chi connectivity index (χ1v) is 5.97. The fourth-order valence-corrected chi connectivity index (χ4v) is 2.23. The van der Waals surface area contributed by atoms with Gasteiger partial charge >= 0.3 is 0 Å². The van der Waals surface area contributed by atoms with E-state index in [0.717, 1.165) is 24.7 Å². The number of anilines is 2. The van der Waals surface area contributed by atoms with E-state index in [1.54, 1.807) is 0 Å². The molecule has 0 amide bonds. The van der Waals surface area contributed by atoms with Crippen LogP contribution in [-0.4, -0.2) is 19.6 Å². The zero-order chi connectivity index (χ0) is 10.7. The van der Waals surface area contributed by atoms with Crippen molar-refractivity contribution in [3.63, 3.8) is 0 Å². The summed E-state index contributed by atoms with van der Waals surface area (Å²) in [4.78, 5) is 2.41. The Labute approximate surface area is 96.2 Å². The topological polar surface area (TPSA) is 15.3 Å². The predicted molar refractivity (Wildman–Crippen MR) is 67.1 cm³/mol. The number of nitrogens with zero attached hydrogens (tertiary/aromatic N) is 1. The third kappa shape index (κ3) is 2.37. The van der Waals surface area contributed by atoms with Crippen LogP contribution in [0.15, 0.2) is 18.2 Å². The summed E-state index contributed by atoms with van der Waals surface area (Å²) in [5, 5.41) is 4.20. The number of rotatable bonds is 3. The van der Waals surface area contributed by atoms with Crippen molar-refractivity contribution in [2.45, 2.75) is 19.8 Å². The molecule has 0 spiro atoms. The largest absolute Gasteiger partial charge is 0.384 e. The molecule has 0 aromatic heterocycles. The van der Waals surface area contributed by atoms with Crippen LogP contribution in [0.3, 0.4) is 0 Å². The number of benzene rings is 1. The van der Waals surface area contributed by atoms with Crippen molar-refractivity contribution in [3.8, 4) is 0 Å². The Morgan fingerprint density at radius 2 is 2.07 bits per heavy atom. The summed E-state index contributed by atoms with van der Waals surface area (Å²) in [6.07, 6.45) is 2.58. The van der Waals surface area contributed by atoms with Gasteiger partial charge in [0.15, 0.2) is 0 Å². The van der Waals surface area contributed by atoms with E-state index < -0.39 is 0 Å². The molecule has 2 nitrogen and oxygen atoms in total. The van der Waals surface area contributed by atoms with Crippen LogP contribution in [0, 0.1) is 0 Å². The zero-order valence-corrected chi connectivity index (χ0v) is 9.85. The summed E-state index contributed by atoms with van der Waals surface area (Å²) in [7, 11) is 0. The molecule has 0 saturated carbocycles. The first-order chi connectivity index (χ1) is 7.31. The number of hydrogen-bond donors (Lipinski definition) is 1. The highest BCUT2D eigenvalue weighted by Gasteiger charge is 2.15. The molecule has 1 aliphatic rings. The Bertz CT molecular complexity index is 332. The van der Waals surface area contributed by atoms with Crippen molar-refractivity contribution < 1.29 is 0 Å². The van der Waals surface area contributed by atoms with Gasteiger partial charge in [-0.3, -0.25) is 0 Å². The van der Waals surface area contributed by atoms with Crippen molar-refractivity contribution in [2.24, 2.45) is 0 Å². The van der Waals surface area contributed by atoms with Crippen LogP contribution in [0.2, 0.25) is 5.02 Å². The summed E-state index contributed by atoms with van der Waals surface area (Å²) in [5.41, 5.74) is 2.45.